The Bertz CT molecular complexity index is 370. The van der Waals surface area contributed by atoms with Gasteiger partial charge >= 0.3 is 5.97 Å². The van der Waals surface area contributed by atoms with Gasteiger partial charge in [-0.25, -0.2) is 0 Å². The van der Waals surface area contributed by atoms with Crippen LogP contribution in [0.4, 0.5) is 0 Å². The highest BCUT2D eigenvalue weighted by atomic mass is 16.5. The van der Waals surface area contributed by atoms with Gasteiger partial charge < -0.3 is 15.0 Å². The molecule has 1 unspecified atom stereocenters. The van der Waals surface area contributed by atoms with Crippen molar-refractivity contribution in [1.82, 2.24) is 15.2 Å². The fourth-order valence-corrected chi connectivity index (χ4v) is 1.84. The summed E-state index contributed by atoms with van der Waals surface area (Å²) in [7, 11) is 5.24. The summed E-state index contributed by atoms with van der Waals surface area (Å²) >= 11 is 0. The van der Waals surface area contributed by atoms with Gasteiger partial charge in [-0.05, 0) is 39.2 Å². The molecule has 0 fully saturated rings. The van der Waals surface area contributed by atoms with Crippen LogP contribution in [0.1, 0.15) is 12.1 Å². The van der Waals surface area contributed by atoms with Gasteiger partial charge in [0.25, 0.3) is 0 Å². The molecule has 1 atom stereocenters. The number of nitrogens with zero attached hydrogens (tertiary/aromatic N) is 2. The van der Waals surface area contributed by atoms with Crippen LogP contribution in [0, 0.1) is 0 Å². The molecule has 0 amide bonds. The lowest BCUT2D eigenvalue weighted by Gasteiger charge is -2.19. The molecule has 0 aliphatic rings. The van der Waals surface area contributed by atoms with Crippen LogP contribution in [-0.4, -0.2) is 56.2 Å². The molecule has 1 N–H and O–H groups in total. The minimum atomic E-state index is -0.234. The van der Waals surface area contributed by atoms with Gasteiger partial charge in [-0.3, -0.25) is 9.78 Å². The summed E-state index contributed by atoms with van der Waals surface area (Å²) in [6, 6.07) is 5.71. The lowest BCUT2D eigenvalue weighted by atomic mass is 10.2. The van der Waals surface area contributed by atoms with Crippen molar-refractivity contribution < 1.29 is 9.53 Å². The number of carbonyl (C=O) groups is 1. The number of rotatable bonds is 8. The second-order valence-corrected chi connectivity index (χ2v) is 4.53. The maximum Gasteiger partial charge on any atom is 0.322 e. The standard InChI is InChI=1S/C14H23N3O2/c1-15-13(14(18)19-3)8-11-17(2)10-7-12-6-4-5-9-16-12/h4-6,9,13,15H,7-8,10-11H2,1-3H3. The van der Waals surface area contributed by atoms with Gasteiger partial charge in [-0.2, -0.15) is 0 Å². The summed E-state index contributed by atoms with van der Waals surface area (Å²) in [5.41, 5.74) is 1.09. The van der Waals surface area contributed by atoms with E-state index in [0.29, 0.717) is 0 Å². The summed E-state index contributed by atoms with van der Waals surface area (Å²) in [5, 5.41) is 2.97. The highest BCUT2D eigenvalue weighted by molar-refractivity contribution is 5.75. The average molecular weight is 265 g/mol. The molecule has 1 heterocycles. The van der Waals surface area contributed by atoms with Crippen molar-refractivity contribution in [3.8, 4) is 0 Å². The van der Waals surface area contributed by atoms with E-state index in [1.807, 2.05) is 31.4 Å². The Hall–Kier alpha value is -1.46. The van der Waals surface area contributed by atoms with Gasteiger partial charge in [0.1, 0.15) is 6.04 Å². The molecular formula is C14H23N3O2. The van der Waals surface area contributed by atoms with Crippen molar-refractivity contribution in [2.75, 3.05) is 34.3 Å². The third kappa shape index (κ3) is 5.81. The lowest BCUT2D eigenvalue weighted by molar-refractivity contribution is -0.143. The molecule has 1 aromatic heterocycles. The predicted octanol–water partition coefficient (Wildman–Crippen LogP) is 0.707. The zero-order chi connectivity index (χ0) is 14.1. The van der Waals surface area contributed by atoms with Crippen molar-refractivity contribution in [2.45, 2.75) is 18.9 Å². The number of hydrogen-bond acceptors (Lipinski definition) is 5. The highest BCUT2D eigenvalue weighted by Crippen LogP contribution is 2.00. The molecule has 0 aliphatic heterocycles. The Morgan fingerprint density at radius 1 is 1.47 bits per heavy atom. The fraction of sp³-hybridized carbons (Fsp3) is 0.571. The van der Waals surface area contributed by atoms with E-state index in [1.54, 1.807) is 7.05 Å². The van der Waals surface area contributed by atoms with Crippen molar-refractivity contribution in [3.63, 3.8) is 0 Å². The quantitative estimate of drug-likeness (QED) is 0.702. The van der Waals surface area contributed by atoms with Gasteiger partial charge in [0, 0.05) is 24.9 Å². The molecule has 5 nitrogen and oxygen atoms in total. The van der Waals surface area contributed by atoms with Gasteiger partial charge in [-0.15, -0.1) is 0 Å². The molecule has 19 heavy (non-hydrogen) atoms. The third-order valence-corrected chi connectivity index (χ3v) is 3.11. The van der Waals surface area contributed by atoms with E-state index in [9.17, 15) is 4.79 Å². The molecule has 0 bridgehead atoms. The van der Waals surface area contributed by atoms with Crippen molar-refractivity contribution in [3.05, 3.63) is 30.1 Å². The number of hydrogen-bond donors (Lipinski definition) is 1. The first-order chi connectivity index (χ1) is 9.17. The molecule has 0 aliphatic carbocycles. The second kappa shape index (κ2) is 8.61. The number of esters is 1. The zero-order valence-corrected chi connectivity index (χ0v) is 11.9. The lowest BCUT2D eigenvalue weighted by Crippen LogP contribution is -2.38. The molecule has 0 aromatic carbocycles. The average Bonchev–Trinajstić information content (AvgIpc) is 2.46. The Morgan fingerprint density at radius 3 is 2.84 bits per heavy atom. The van der Waals surface area contributed by atoms with E-state index < -0.39 is 0 Å². The monoisotopic (exact) mass is 265 g/mol. The largest absolute Gasteiger partial charge is 0.468 e. The topological polar surface area (TPSA) is 54.5 Å². The minimum absolute atomic E-state index is 0.208. The first kappa shape index (κ1) is 15.6. The molecule has 5 heteroatoms. The fourth-order valence-electron chi connectivity index (χ4n) is 1.84. The number of ether oxygens (including phenoxy) is 1. The number of pyridine rings is 1. The van der Waals surface area contributed by atoms with Crippen molar-refractivity contribution in [1.29, 1.82) is 0 Å². The van der Waals surface area contributed by atoms with Crippen molar-refractivity contribution >= 4 is 5.97 Å². The van der Waals surface area contributed by atoms with E-state index >= 15 is 0 Å². The first-order valence-electron chi connectivity index (χ1n) is 6.51. The Balaban J connectivity index is 2.27. The number of methoxy groups -OCH3 is 1. The van der Waals surface area contributed by atoms with Crippen LogP contribution in [0.15, 0.2) is 24.4 Å². The number of carbonyl (C=O) groups excluding carboxylic acids is 1. The van der Waals surface area contributed by atoms with Crippen LogP contribution in [0.25, 0.3) is 0 Å². The summed E-state index contributed by atoms with van der Waals surface area (Å²) in [4.78, 5) is 17.9. The van der Waals surface area contributed by atoms with Crippen LogP contribution >= 0.6 is 0 Å². The predicted molar refractivity (Wildman–Crippen MR) is 74.9 cm³/mol. The van der Waals surface area contributed by atoms with Gasteiger partial charge in [-0.1, -0.05) is 6.07 Å². The number of likely N-dealkylation sites (N-methyl/N-ethyl adjacent to an activating group) is 2. The van der Waals surface area contributed by atoms with Gasteiger partial charge in [0.05, 0.1) is 7.11 Å². The SMILES string of the molecule is CNC(CCN(C)CCc1ccccn1)C(=O)OC. The molecule has 0 saturated carbocycles. The van der Waals surface area contributed by atoms with E-state index in [1.165, 1.54) is 7.11 Å². The van der Waals surface area contributed by atoms with Crippen LogP contribution < -0.4 is 5.32 Å². The van der Waals surface area contributed by atoms with E-state index in [0.717, 1.165) is 31.6 Å². The van der Waals surface area contributed by atoms with Crippen molar-refractivity contribution in [2.24, 2.45) is 0 Å². The molecule has 1 aromatic rings. The molecule has 1 rings (SSSR count). The molecule has 0 radical (unpaired) electrons. The molecule has 0 saturated heterocycles. The zero-order valence-electron chi connectivity index (χ0n) is 11.9. The summed E-state index contributed by atoms with van der Waals surface area (Å²) in [6.07, 6.45) is 3.46. The summed E-state index contributed by atoms with van der Waals surface area (Å²) in [6.45, 7) is 1.77. The van der Waals surface area contributed by atoms with Crippen LogP contribution in [0.3, 0.4) is 0 Å². The Morgan fingerprint density at radius 2 is 2.26 bits per heavy atom. The second-order valence-electron chi connectivity index (χ2n) is 4.53. The highest BCUT2D eigenvalue weighted by Gasteiger charge is 2.16. The first-order valence-corrected chi connectivity index (χ1v) is 6.51. The molecule has 106 valence electrons. The summed E-state index contributed by atoms with van der Waals surface area (Å²) in [5.74, 6) is -0.208. The smallest absolute Gasteiger partial charge is 0.322 e. The van der Waals surface area contributed by atoms with Crippen LogP contribution in [-0.2, 0) is 16.0 Å². The van der Waals surface area contributed by atoms with E-state index in [2.05, 4.69) is 15.2 Å². The normalized spacial score (nSPS) is 12.4. The van der Waals surface area contributed by atoms with E-state index in [-0.39, 0.29) is 12.0 Å². The molecular weight excluding hydrogens is 242 g/mol. The number of nitrogens with one attached hydrogen (secondary N) is 1. The summed E-state index contributed by atoms with van der Waals surface area (Å²) < 4.78 is 4.73. The Kier molecular flexibility index (Phi) is 7.07. The van der Waals surface area contributed by atoms with Gasteiger partial charge in [0.15, 0.2) is 0 Å². The van der Waals surface area contributed by atoms with Crippen LogP contribution in [0.2, 0.25) is 0 Å². The number of aromatic nitrogens is 1. The molecule has 0 spiro atoms. The third-order valence-electron chi connectivity index (χ3n) is 3.11. The van der Waals surface area contributed by atoms with E-state index in [4.69, 9.17) is 4.74 Å². The van der Waals surface area contributed by atoms with Gasteiger partial charge in [0.2, 0.25) is 0 Å². The minimum Gasteiger partial charge on any atom is -0.468 e. The van der Waals surface area contributed by atoms with Crippen LogP contribution in [0.5, 0.6) is 0 Å². The maximum atomic E-state index is 11.4. The Labute approximate surface area is 115 Å². The maximum absolute atomic E-state index is 11.4.